The van der Waals surface area contributed by atoms with Crippen molar-refractivity contribution in [1.82, 2.24) is 9.97 Å². The van der Waals surface area contributed by atoms with Crippen LogP contribution in [0.5, 0.6) is 23.0 Å². The van der Waals surface area contributed by atoms with Crippen molar-refractivity contribution in [3.63, 3.8) is 0 Å². The second-order valence-corrected chi connectivity index (χ2v) is 33.9. The Morgan fingerprint density at radius 1 is 0.238 bits per heavy atom. The van der Waals surface area contributed by atoms with Crippen LogP contribution < -0.4 is 30.7 Å². The van der Waals surface area contributed by atoms with Crippen molar-refractivity contribution in [2.45, 2.75) is 285 Å². The van der Waals surface area contributed by atoms with E-state index in [0.29, 0.717) is 47.6 Å². The summed E-state index contributed by atoms with van der Waals surface area (Å²) in [6.45, 7) is 9.63. The average molecular weight is 1770 g/mol. The first-order valence-electron chi connectivity index (χ1n) is 48.5. The van der Waals surface area contributed by atoms with Gasteiger partial charge in [-0.05, 0) is 108 Å². The first kappa shape index (κ1) is 100. The summed E-state index contributed by atoms with van der Waals surface area (Å²) in [5.74, 6) is -5.42. The van der Waals surface area contributed by atoms with Crippen LogP contribution in [0.1, 0.15) is 368 Å². The van der Waals surface area contributed by atoms with Gasteiger partial charge in [-0.25, -0.2) is 29.1 Å². The summed E-state index contributed by atoms with van der Waals surface area (Å²) in [6.07, 6.45) is 44.5. The summed E-state index contributed by atoms with van der Waals surface area (Å²) in [7, 11) is 0. The molecule has 0 aliphatic rings. The number of fused-ring (bicyclic) bond motifs is 2. The van der Waals surface area contributed by atoms with Crippen molar-refractivity contribution in [2.24, 2.45) is 0 Å². The summed E-state index contributed by atoms with van der Waals surface area (Å²) in [4.78, 5) is 126. The maximum absolute atomic E-state index is 15.1. The number of para-hydroxylation sites is 4. The number of pyridine rings is 2. The molecule has 4 N–H and O–H groups in total. The van der Waals surface area contributed by atoms with Gasteiger partial charge in [0.1, 0.15) is 45.8 Å². The lowest BCUT2D eigenvalue weighted by atomic mass is 9.92. The van der Waals surface area contributed by atoms with Gasteiger partial charge in [-0.3, -0.25) is 19.2 Å². The number of aromatic nitrogens is 2. The summed E-state index contributed by atoms with van der Waals surface area (Å²) >= 11 is 0. The van der Waals surface area contributed by atoms with E-state index in [-0.39, 0.29) is 117 Å². The molecule has 0 fully saturated rings. The Labute approximate surface area is 769 Å². The second kappa shape index (κ2) is 57.1. The number of nitrogens with one attached hydrogen (secondary N) is 4. The summed E-state index contributed by atoms with van der Waals surface area (Å²) in [6, 6.07) is 54.1. The minimum atomic E-state index is -0.810. The first-order chi connectivity index (χ1) is 63.7. The summed E-state index contributed by atoms with van der Waals surface area (Å²) in [5.41, 5.74) is 0.719. The zero-order valence-electron chi connectivity index (χ0n) is 77.2. The fourth-order valence-electron chi connectivity index (χ4n) is 16.2. The molecule has 0 bridgehead atoms. The number of nitrogens with zero attached hydrogens (tertiary/aromatic N) is 2. The smallest absolute Gasteiger partial charge is 0.340 e. The number of anilines is 4. The van der Waals surface area contributed by atoms with E-state index in [4.69, 9.17) is 28.4 Å². The summed E-state index contributed by atoms with van der Waals surface area (Å²) < 4.78 is 37.5. The van der Waals surface area contributed by atoms with Gasteiger partial charge in [0, 0.05) is 35.4 Å². The molecule has 0 saturated carbocycles. The van der Waals surface area contributed by atoms with Crippen molar-refractivity contribution >= 4 is 91.8 Å². The predicted molar refractivity (Wildman–Crippen MR) is 522 cm³/mol. The fourth-order valence-corrected chi connectivity index (χ4v) is 16.2. The standard InChI is InChI=1S/C110H136N6O14/c1-5-9-13-17-21-25-29-33-37-53-73-125-107(121)87-61-45-49-65-91(87)113-103(117)95-77-83(78-96(111-95)104(118)114-92-66-50-46-62-88(92)108(122)126-74-54-38-34-30-26-22-18-14-10-6-2)129-99-71-69-81-57-41-43-59-85(81)101(99)102-86-60-44-42-58-82(86)70-72-100(102)130-84-79-97(105(119)115-93-67-51-47-63-89(93)109(123)127-75-55-39-35-31-27-23-19-15-11-7-3)112-98(80-84)106(120)116-94-68-52-48-64-90(94)110(124)128-76-56-40-36-32-28-24-20-16-12-8-4/h41-52,57-72,77-80H,5-40,53-56,73-76H2,1-4H3,(H,113,117)(H,114,118)(H,115,119)(H,116,120). The molecule has 0 saturated heterocycles. The van der Waals surface area contributed by atoms with Crippen LogP contribution in [0.3, 0.4) is 0 Å². The molecule has 0 unspecified atom stereocenters. The Hall–Kier alpha value is -12.1. The predicted octanol–water partition coefficient (Wildman–Crippen LogP) is 29.4. The molecular formula is C110H136N6O14. The molecular weight excluding hydrogens is 1630 g/mol. The number of carbonyl (C=O) groups is 8. The van der Waals surface area contributed by atoms with Gasteiger partial charge in [-0.15, -0.1) is 0 Å². The third kappa shape index (κ3) is 32.8. The Morgan fingerprint density at radius 3 is 0.685 bits per heavy atom. The molecule has 20 heteroatoms. The molecule has 0 aliphatic carbocycles. The van der Waals surface area contributed by atoms with Crippen molar-refractivity contribution < 1.29 is 66.8 Å². The first-order valence-corrected chi connectivity index (χ1v) is 48.5. The number of hydrogen-bond donors (Lipinski definition) is 4. The van der Waals surface area contributed by atoms with Crippen LogP contribution in [0.15, 0.2) is 194 Å². The minimum Gasteiger partial charge on any atom is -0.462 e. The van der Waals surface area contributed by atoms with E-state index in [2.05, 4.69) is 58.9 Å². The van der Waals surface area contributed by atoms with Crippen molar-refractivity contribution in [1.29, 1.82) is 0 Å². The van der Waals surface area contributed by atoms with Crippen LogP contribution in [0, 0.1) is 0 Å². The van der Waals surface area contributed by atoms with Crippen LogP contribution in [-0.4, -0.2) is 83.9 Å². The van der Waals surface area contributed by atoms with E-state index >= 15 is 19.2 Å². The zero-order valence-corrected chi connectivity index (χ0v) is 77.2. The molecule has 4 amide bonds. The molecule has 2 heterocycles. The number of benzene rings is 8. The fraction of sp³-hybridized carbons (Fsp3) is 0.436. The van der Waals surface area contributed by atoms with E-state index in [1.165, 1.54) is 178 Å². The quantitative estimate of drug-likeness (QED) is 0.0157. The second-order valence-electron chi connectivity index (χ2n) is 33.9. The maximum atomic E-state index is 15.1. The SMILES string of the molecule is CCCCCCCCCCCCOC(=O)c1ccccc1NC(=O)c1cc(Oc2ccc3ccccc3c2-c2c(Oc3cc(C(=O)Nc4ccccc4C(=O)OCCCCCCCCCCCC)nc(C(=O)Nc4ccccc4C(=O)OCCCCCCCCCCCC)c3)ccc3ccccc23)cc(C(=O)Nc2ccccc2C(=O)OCCCCCCCCCCCC)n1. The Balaban J connectivity index is 0.977. The minimum absolute atomic E-state index is 0.0359. The van der Waals surface area contributed by atoms with Crippen LogP contribution in [0.25, 0.3) is 32.7 Å². The Morgan fingerprint density at radius 2 is 0.446 bits per heavy atom. The molecule has 0 atom stereocenters. The molecule has 690 valence electrons. The molecule has 0 spiro atoms. The molecule has 10 rings (SSSR count). The highest BCUT2D eigenvalue weighted by atomic mass is 16.5. The molecule has 10 aromatic rings. The molecule has 20 nitrogen and oxygen atoms in total. The van der Waals surface area contributed by atoms with Gasteiger partial charge in [0.2, 0.25) is 0 Å². The van der Waals surface area contributed by atoms with Crippen molar-refractivity contribution in [3.05, 3.63) is 239 Å². The lowest BCUT2D eigenvalue weighted by Gasteiger charge is -2.20. The topological polar surface area (TPSA) is 266 Å². The number of carbonyl (C=O) groups excluding carboxylic acids is 8. The highest BCUT2D eigenvalue weighted by Crippen LogP contribution is 2.48. The van der Waals surface area contributed by atoms with Gasteiger partial charge in [0.25, 0.3) is 23.6 Å². The third-order valence-corrected chi connectivity index (χ3v) is 23.5. The molecule has 2 aromatic heterocycles. The van der Waals surface area contributed by atoms with Gasteiger partial charge < -0.3 is 49.7 Å². The third-order valence-electron chi connectivity index (χ3n) is 23.5. The van der Waals surface area contributed by atoms with E-state index in [1.54, 1.807) is 109 Å². The molecule has 0 radical (unpaired) electrons. The van der Waals surface area contributed by atoms with Gasteiger partial charge >= 0.3 is 23.9 Å². The number of amides is 4. The van der Waals surface area contributed by atoms with Crippen LogP contribution in [-0.2, 0) is 18.9 Å². The van der Waals surface area contributed by atoms with Gasteiger partial charge in [-0.2, -0.15) is 0 Å². The van der Waals surface area contributed by atoms with E-state index in [1.807, 2.05) is 60.7 Å². The van der Waals surface area contributed by atoms with Gasteiger partial charge in [0.05, 0.1) is 71.4 Å². The molecule has 8 aromatic carbocycles. The van der Waals surface area contributed by atoms with E-state index in [9.17, 15) is 19.2 Å². The molecule has 130 heavy (non-hydrogen) atoms. The monoisotopic (exact) mass is 1770 g/mol. The van der Waals surface area contributed by atoms with E-state index < -0.39 is 47.5 Å². The van der Waals surface area contributed by atoms with Crippen molar-refractivity contribution in [2.75, 3.05) is 47.7 Å². The Kier molecular flexibility index (Phi) is 44.0. The average Bonchev–Trinajstić information content (AvgIpc) is 0.746. The normalized spacial score (nSPS) is 11.1. The number of rotatable bonds is 61. The Bertz CT molecular complexity index is 4710. The zero-order chi connectivity index (χ0) is 91.5. The molecule has 0 aliphatic heterocycles. The van der Waals surface area contributed by atoms with Crippen molar-refractivity contribution in [3.8, 4) is 34.1 Å². The van der Waals surface area contributed by atoms with Gasteiger partial charge in [0.15, 0.2) is 0 Å². The number of ether oxygens (including phenoxy) is 6. The van der Waals surface area contributed by atoms with E-state index in [0.717, 1.165) is 87.8 Å². The highest BCUT2D eigenvalue weighted by Gasteiger charge is 2.28. The lowest BCUT2D eigenvalue weighted by Crippen LogP contribution is -2.21. The largest absolute Gasteiger partial charge is 0.462 e. The van der Waals surface area contributed by atoms with Crippen LogP contribution in [0.4, 0.5) is 22.7 Å². The van der Waals surface area contributed by atoms with Crippen LogP contribution >= 0.6 is 0 Å². The van der Waals surface area contributed by atoms with Gasteiger partial charge in [-0.1, -0.05) is 368 Å². The maximum Gasteiger partial charge on any atom is 0.340 e. The number of unbranched alkanes of at least 4 members (excludes halogenated alkanes) is 36. The highest BCUT2D eigenvalue weighted by molar-refractivity contribution is 6.14. The van der Waals surface area contributed by atoms with Crippen LogP contribution in [0.2, 0.25) is 0 Å². The number of hydrogen-bond acceptors (Lipinski definition) is 16. The summed E-state index contributed by atoms with van der Waals surface area (Å²) in [5, 5.41) is 14.4. The lowest BCUT2D eigenvalue weighted by molar-refractivity contribution is 0.0489. The number of esters is 4.